The third kappa shape index (κ3) is 2.57. The van der Waals surface area contributed by atoms with Crippen LogP contribution < -0.4 is 10.6 Å². The molecule has 0 fully saturated rings. The summed E-state index contributed by atoms with van der Waals surface area (Å²) in [6, 6.07) is 5.77. The highest BCUT2D eigenvalue weighted by molar-refractivity contribution is 5.95. The third-order valence-electron chi connectivity index (χ3n) is 3.18. The Morgan fingerprint density at radius 1 is 1.47 bits per heavy atom. The molecule has 0 saturated heterocycles. The molecule has 0 atom stereocenters. The molecule has 0 bridgehead atoms. The summed E-state index contributed by atoms with van der Waals surface area (Å²) in [6.45, 7) is 2.11. The second-order valence-corrected chi connectivity index (χ2v) is 4.47. The number of rotatable bonds is 4. The number of fused-ring (bicyclic) bond motifs is 1. The zero-order valence-corrected chi connectivity index (χ0v) is 10.5. The molecule has 0 aliphatic carbocycles. The quantitative estimate of drug-likeness (QED) is 0.844. The molecule has 1 aliphatic rings. The summed E-state index contributed by atoms with van der Waals surface area (Å²) in [5, 5.41) is 13.7. The predicted octanol–water partition coefficient (Wildman–Crippen LogP) is 0.676. The van der Waals surface area contributed by atoms with Crippen molar-refractivity contribution in [1.29, 1.82) is 0 Å². The van der Waals surface area contributed by atoms with Crippen molar-refractivity contribution in [2.24, 2.45) is 0 Å². The van der Waals surface area contributed by atoms with Gasteiger partial charge in [0.25, 0.3) is 5.91 Å². The number of anilines is 1. The van der Waals surface area contributed by atoms with E-state index < -0.39 is 0 Å². The second-order valence-electron chi connectivity index (χ2n) is 4.47. The summed E-state index contributed by atoms with van der Waals surface area (Å²) in [4.78, 5) is 12.0. The monoisotopic (exact) mass is 257 g/mol. The number of carbonyl (C=O) groups excluding carboxylic acids is 1. The minimum atomic E-state index is -0.0465. The fourth-order valence-corrected chi connectivity index (χ4v) is 2.18. The number of nitrogens with one attached hydrogen (secondary N) is 2. The van der Waals surface area contributed by atoms with Gasteiger partial charge in [-0.2, -0.15) is 0 Å². The minimum Gasteiger partial charge on any atom is -0.384 e. The van der Waals surface area contributed by atoms with Gasteiger partial charge in [0, 0.05) is 30.5 Å². The topological polar surface area (TPSA) is 71.8 Å². The summed E-state index contributed by atoms with van der Waals surface area (Å²) in [7, 11) is 0. The highest BCUT2D eigenvalue weighted by atomic mass is 16.1. The predicted molar refractivity (Wildman–Crippen MR) is 71.0 cm³/mol. The van der Waals surface area contributed by atoms with Gasteiger partial charge < -0.3 is 10.6 Å². The number of carbonyl (C=O) groups is 1. The molecule has 0 unspecified atom stereocenters. The van der Waals surface area contributed by atoms with E-state index in [0.29, 0.717) is 18.7 Å². The summed E-state index contributed by atoms with van der Waals surface area (Å²) in [5.74, 6) is -0.0465. The molecule has 1 aromatic carbocycles. The van der Waals surface area contributed by atoms with E-state index in [0.717, 1.165) is 18.7 Å². The van der Waals surface area contributed by atoms with Gasteiger partial charge >= 0.3 is 0 Å². The first-order chi connectivity index (χ1) is 9.33. The van der Waals surface area contributed by atoms with Crippen LogP contribution in [0.25, 0.3) is 0 Å². The maximum absolute atomic E-state index is 12.0. The van der Waals surface area contributed by atoms with Gasteiger partial charge in [0.2, 0.25) is 0 Å². The third-order valence-corrected chi connectivity index (χ3v) is 3.18. The van der Waals surface area contributed by atoms with Crippen molar-refractivity contribution in [2.75, 3.05) is 18.4 Å². The Balaban J connectivity index is 1.58. The van der Waals surface area contributed by atoms with Crippen molar-refractivity contribution in [3.8, 4) is 0 Å². The zero-order valence-electron chi connectivity index (χ0n) is 10.5. The van der Waals surface area contributed by atoms with E-state index in [1.807, 2.05) is 18.2 Å². The van der Waals surface area contributed by atoms with Crippen molar-refractivity contribution in [3.63, 3.8) is 0 Å². The van der Waals surface area contributed by atoms with Gasteiger partial charge in [-0.3, -0.25) is 9.48 Å². The molecule has 2 heterocycles. The minimum absolute atomic E-state index is 0.0465. The molecule has 3 rings (SSSR count). The number of hydrogen-bond donors (Lipinski definition) is 2. The van der Waals surface area contributed by atoms with E-state index in [2.05, 4.69) is 20.9 Å². The maximum atomic E-state index is 12.0. The molecule has 98 valence electrons. The highest BCUT2D eigenvalue weighted by Gasteiger charge is 2.13. The van der Waals surface area contributed by atoms with E-state index in [4.69, 9.17) is 0 Å². The lowest BCUT2D eigenvalue weighted by Gasteiger charge is -2.06. The lowest BCUT2D eigenvalue weighted by molar-refractivity contribution is 0.0952. The molecule has 1 aromatic heterocycles. The van der Waals surface area contributed by atoms with Gasteiger partial charge in [-0.25, -0.2) is 0 Å². The van der Waals surface area contributed by atoms with Crippen LogP contribution in [-0.4, -0.2) is 34.0 Å². The number of amides is 1. The molecule has 1 amide bonds. The lowest BCUT2D eigenvalue weighted by atomic mass is 10.1. The van der Waals surface area contributed by atoms with E-state index in [1.54, 1.807) is 17.1 Å². The number of aromatic nitrogens is 3. The first kappa shape index (κ1) is 11.7. The van der Waals surface area contributed by atoms with Gasteiger partial charge in [0.1, 0.15) is 0 Å². The normalized spacial score (nSPS) is 12.8. The molecule has 2 aromatic rings. The van der Waals surface area contributed by atoms with Crippen LogP contribution in [0.5, 0.6) is 0 Å². The van der Waals surface area contributed by atoms with Crippen LogP contribution in [0.2, 0.25) is 0 Å². The van der Waals surface area contributed by atoms with E-state index in [1.165, 1.54) is 5.56 Å². The van der Waals surface area contributed by atoms with Crippen LogP contribution in [0.15, 0.2) is 30.6 Å². The van der Waals surface area contributed by atoms with Crippen LogP contribution in [0.3, 0.4) is 0 Å². The SMILES string of the molecule is O=C(NCCn1ccnn1)c1ccc2c(c1)CCN2. The molecule has 19 heavy (non-hydrogen) atoms. The molecular weight excluding hydrogens is 242 g/mol. The van der Waals surface area contributed by atoms with Gasteiger partial charge in [-0.05, 0) is 30.2 Å². The molecule has 1 aliphatic heterocycles. The van der Waals surface area contributed by atoms with Crippen molar-refractivity contribution < 1.29 is 4.79 Å². The van der Waals surface area contributed by atoms with Crippen molar-refractivity contribution in [3.05, 3.63) is 41.7 Å². The van der Waals surface area contributed by atoms with Crippen LogP contribution in [0.1, 0.15) is 15.9 Å². The van der Waals surface area contributed by atoms with Crippen LogP contribution >= 0.6 is 0 Å². The molecule has 0 saturated carbocycles. The Labute approximate surface area is 110 Å². The van der Waals surface area contributed by atoms with E-state index >= 15 is 0 Å². The van der Waals surface area contributed by atoms with Gasteiger partial charge in [0.15, 0.2) is 0 Å². The summed E-state index contributed by atoms with van der Waals surface area (Å²) in [5.41, 5.74) is 3.06. The highest BCUT2D eigenvalue weighted by Crippen LogP contribution is 2.22. The fourth-order valence-electron chi connectivity index (χ4n) is 2.18. The Kier molecular flexibility index (Phi) is 3.14. The summed E-state index contributed by atoms with van der Waals surface area (Å²) >= 11 is 0. The Morgan fingerprint density at radius 2 is 2.42 bits per heavy atom. The molecule has 0 spiro atoms. The van der Waals surface area contributed by atoms with Crippen LogP contribution in [0, 0.1) is 0 Å². The van der Waals surface area contributed by atoms with Crippen molar-refractivity contribution in [2.45, 2.75) is 13.0 Å². The Morgan fingerprint density at radius 3 is 3.26 bits per heavy atom. The Hall–Kier alpha value is -2.37. The maximum Gasteiger partial charge on any atom is 0.251 e. The van der Waals surface area contributed by atoms with Crippen LogP contribution in [-0.2, 0) is 13.0 Å². The second kappa shape index (κ2) is 5.09. The van der Waals surface area contributed by atoms with Crippen molar-refractivity contribution >= 4 is 11.6 Å². The average Bonchev–Trinajstić information content (AvgIpc) is 3.08. The number of hydrogen-bond acceptors (Lipinski definition) is 4. The van der Waals surface area contributed by atoms with Gasteiger partial charge in [-0.15, -0.1) is 5.10 Å². The fraction of sp³-hybridized carbons (Fsp3) is 0.308. The lowest BCUT2D eigenvalue weighted by Crippen LogP contribution is -2.27. The van der Waals surface area contributed by atoms with Crippen molar-refractivity contribution in [1.82, 2.24) is 20.3 Å². The Bertz CT molecular complexity index is 579. The average molecular weight is 257 g/mol. The molecule has 6 nitrogen and oxygen atoms in total. The van der Waals surface area contributed by atoms with E-state index in [9.17, 15) is 4.79 Å². The molecule has 6 heteroatoms. The number of benzene rings is 1. The first-order valence-corrected chi connectivity index (χ1v) is 6.32. The van der Waals surface area contributed by atoms with E-state index in [-0.39, 0.29) is 5.91 Å². The molecular formula is C13H15N5O. The van der Waals surface area contributed by atoms with Gasteiger partial charge in [0.05, 0.1) is 12.7 Å². The molecule has 2 N–H and O–H groups in total. The smallest absolute Gasteiger partial charge is 0.251 e. The first-order valence-electron chi connectivity index (χ1n) is 6.32. The standard InChI is InChI=1S/C13H15N5O/c19-13(15-5-7-18-8-6-16-17-18)11-1-2-12-10(9-11)3-4-14-12/h1-2,6,8-9,14H,3-5,7H2,(H,15,19). The molecule has 0 radical (unpaired) electrons. The summed E-state index contributed by atoms with van der Waals surface area (Å²) < 4.78 is 1.69. The van der Waals surface area contributed by atoms with Gasteiger partial charge in [-0.1, -0.05) is 5.21 Å². The zero-order chi connectivity index (χ0) is 13.1. The number of nitrogens with zero attached hydrogens (tertiary/aromatic N) is 3. The summed E-state index contributed by atoms with van der Waals surface area (Å²) in [6.07, 6.45) is 4.37. The van der Waals surface area contributed by atoms with Crippen LogP contribution in [0.4, 0.5) is 5.69 Å². The largest absolute Gasteiger partial charge is 0.384 e.